The van der Waals surface area contributed by atoms with Crippen molar-refractivity contribution in [3.05, 3.63) is 260 Å². The van der Waals surface area contributed by atoms with Gasteiger partial charge in [0.2, 0.25) is 5.69 Å². The molecule has 1 aliphatic rings. The van der Waals surface area contributed by atoms with Crippen molar-refractivity contribution < 1.29 is 25.8 Å². The van der Waals surface area contributed by atoms with Crippen LogP contribution in [0, 0.1) is 12.1 Å². The molecule has 392 valence electrons. The van der Waals surface area contributed by atoms with Crippen molar-refractivity contribution in [3.8, 4) is 56.4 Å². The van der Waals surface area contributed by atoms with Crippen LogP contribution in [0.4, 0.5) is 22.7 Å². The number of aromatic nitrogens is 3. The molecule has 0 bridgehead atoms. The van der Waals surface area contributed by atoms with Crippen LogP contribution >= 0.6 is 0 Å². The number of fused-ring (bicyclic) bond motifs is 7. The Bertz CT molecular complexity index is 4570. The van der Waals surface area contributed by atoms with Gasteiger partial charge in [0.05, 0.1) is 27.7 Å². The maximum absolute atomic E-state index is 6.90. The summed E-state index contributed by atoms with van der Waals surface area (Å²) in [6.45, 7) is 13.5. The Kier molecular flexibility index (Phi) is 12.8. The molecule has 7 heteroatoms. The molecule has 0 spiro atoms. The molecule has 4 heterocycles. The zero-order valence-electron chi connectivity index (χ0n) is 46.0. The van der Waals surface area contributed by atoms with Crippen LogP contribution in [0.5, 0.6) is 11.5 Å². The maximum atomic E-state index is 6.90. The Morgan fingerprint density at radius 2 is 1.00 bits per heavy atom. The number of benzene rings is 10. The molecule has 14 rings (SSSR count). The van der Waals surface area contributed by atoms with E-state index >= 15 is 0 Å². The minimum Gasteiger partial charge on any atom is -0.509 e. The van der Waals surface area contributed by atoms with E-state index in [1.807, 2.05) is 24.4 Å². The predicted octanol–water partition coefficient (Wildman–Crippen LogP) is 19.1. The average molecular weight is 1230 g/mol. The van der Waals surface area contributed by atoms with Crippen molar-refractivity contribution in [3.63, 3.8) is 0 Å². The van der Waals surface area contributed by atoms with Crippen molar-refractivity contribution in [2.75, 3.05) is 0 Å². The molecular formula is C74H57N5OPt+2. The second kappa shape index (κ2) is 20.2. The molecule has 6 nitrogen and oxygen atoms in total. The van der Waals surface area contributed by atoms with E-state index in [9.17, 15) is 0 Å². The molecule has 0 fully saturated rings. The van der Waals surface area contributed by atoms with E-state index in [4.69, 9.17) is 9.72 Å². The number of hydrogen-bond donors (Lipinski definition) is 0. The largest absolute Gasteiger partial charge is 2.00 e. The monoisotopic (exact) mass is 1230 g/mol. The third kappa shape index (κ3) is 9.02. The normalized spacial score (nSPS) is 12.4. The van der Waals surface area contributed by atoms with Crippen LogP contribution in [0.3, 0.4) is 0 Å². The van der Waals surface area contributed by atoms with Crippen LogP contribution in [-0.4, -0.2) is 20.1 Å². The quantitative estimate of drug-likeness (QED) is 0.107. The summed E-state index contributed by atoms with van der Waals surface area (Å²) in [5, 5.41) is 4.59. The molecule has 0 saturated carbocycles. The SMILES string of the molecule is CC(C)(C)c1cccc(-c2cccc3c2[N+](c2c(-c4ccccc4)cccc2-c2ccccc2)=C=[N+]3c2[c-]c(Oc3[c-]c4c(cc3)c3cc(-n5c6ccccc6c6ccccc65)ccc3n4-c3cc(C(C)(C)C)ccn3)ccc2)c1.[Pt+2]. The average Bonchev–Trinajstić information content (AvgIpc) is 3.86. The molecule has 3 aromatic heterocycles. The number of rotatable bonds is 9. The fraction of sp³-hybridized carbons (Fsp3) is 0.108. The van der Waals surface area contributed by atoms with Gasteiger partial charge in [-0.05, 0) is 109 Å². The van der Waals surface area contributed by atoms with E-state index in [0.717, 1.165) is 100 Å². The Morgan fingerprint density at radius 1 is 0.432 bits per heavy atom. The van der Waals surface area contributed by atoms with Crippen molar-refractivity contribution in [2.45, 2.75) is 52.4 Å². The van der Waals surface area contributed by atoms with Crippen LogP contribution in [0.25, 0.3) is 88.5 Å². The molecular weight excluding hydrogens is 1170 g/mol. The second-order valence-corrected chi connectivity index (χ2v) is 22.9. The van der Waals surface area contributed by atoms with Gasteiger partial charge >= 0.3 is 32.8 Å². The van der Waals surface area contributed by atoms with Crippen molar-refractivity contribution in [1.82, 2.24) is 23.3 Å². The minimum absolute atomic E-state index is 0. The Hall–Kier alpha value is -9.18. The number of pyridine rings is 1. The molecule has 0 unspecified atom stereocenters. The van der Waals surface area contributed by atoms with Crippen LogP contribution in [0.15, 0.2) is 237 Å². The summed E-state index contributed by atoms with van der Waals surface area (Å²) >= 11 is 0. The van der Waals surface area contributed by atoms with Crippen LogP contribution in [0.1, 0.15) is 52.7 Å². The topological polar surface area (TPSA) is 38.0 Å². The van der Waals surface area contributed by atoms with Gasteiger partial charge in [-0.3, -0.25) is 0 Å². The first kappa shape index (κ1) is 51.3. The fourth-order valence-electron chi connectivity index (χ4n) is 11.7. The van der Waals surface area contributed by atoms with Gasteiger partial charge in [-0.25, -0.2) is 4.98 Å². The third-order valence-corrected chi connectivity index (χ3v) is 15.7. The van der Waals surface area contributed by atoms with Crippen LogP contribution in [0.2, 0.25) is 0 Å². The van der Waals surface area contributed by atoms with Gasteiger partial charge in [-0.15, -0.1) is 23.6 Å². The number of para-hydroxylation sites is 4. The van der Waals surface area contributed by atoms with Gasteiger partial charge in [0, 0.05) is 45.7 Å². The summed E-state index contributed by atoms with van der Waals surface area (Å²) in [6.07, 6.45) is 1.92. The van der Waals surface area contributed by atoms with Crippen molar-refractivity contribution in [2.24, 2.45) is 0 Å². The first-order valence-electron chi connectivity index (χ1n) is 27.5. The van der Waals surface area contributed by atoms with E-state index in [1.165, 1.54) is 21.9 Å². The predicted molar refractivity (Wildman–Crippen MR) is 332 cm³/mol. The summed E-state index contributed by atoms with van der Waals surface area (Å²) in [4.78, 5) is 5.03. The molecule has 0 atom stereocenters. The molecule has 13 aromatic rings. The van der Waals surface area contributed by atoms with Gasteiger partial charge in [0.25, 0.3) is 5.69 Å². The summed E-state index contributed by atoms with van der Waals surface area (Å²) in [5.74, 6) is 1.93. The fourth-order valence-corrected chi connectivity index (χ4v) is 11.7. The van der Waals surface area contributed by atoms with Crippen LogP contribution < -0.4 is 13.9 Å². The second-order valence-electron chi connectivity index (χ2n) is 22.9. The Morgan fingerprint density at radius 3 is 1.68 bits per heavy atom. The number of hydrogen-bond acceptors (Lipinski definition) is 2. The van der Waals surface area contributed by atoms with Crippen molar-refractivity contribution >= 4 is 72.4 Å². The molecule has 0 saturated heterocycles. The maximum Gasteiger partial charge on any atom is 2.00 e. The summed E-state index contributed by atoms with van der Waals surface area (Å²) < 4.78 is 15.9. The van der Waals surface area contributed by atoms with E-state index in [-0.39, 0.29) is 31.9 Å². The van der Waals surface area contributed by atoms with E-state index in [1.54, 1.807) is 0 Å². The number of ether oxygens (including phenoxy) is 1. The molecule has 1 aliphatic heterocycles. The van der Waals surface area contributed by atoms with E-state index in [0.29, 0.717) is 11.5 Å². The zero-order valence-corrected chi connectivity index (χ0v) is 48.2. The molecule has 0 amide bonds. The molecule has 10 aromatic carbocycles. The van der Waals surface area contributed by atoms with E-state index in [2.05, 4.69) is 290 Å². The summed E-state index contributed by atoms with van der Waals surface area (Å²) in [6, 6.07) is 93.5. The molecule has 81 heavy (non-hydrogen) atoms. The van der Waals surface area contributed by atoms with Gasteiger partial charge in [-0.1, -0.05) is 197 Å². The first-order chi connectivity index (χ1) is 38.9. The molecule has 0 radical (unpaired) electrons. The van der Waals surface area contributed by atoms with Gasteiger partial charge < -0.3 is 13.9 Å². The smallest absolute Gasteiger partial charge is 0.509 e. The third-order valence-electron chi connectivity index (χ3n) is 15.7. The van der Waals surface area contributed by atoms with Crippen LogP contribution in [-0.2, 0) is 31.9 Å². The standard InChI is InChI=1S/C74H57N5O.Pt/c1-73(2,3)52-26-17-25-51(43-52)60-33-20-36-68-72(60)77(71-58(49-21-9-7-10-22-49)31-19-32-59(71)50-23-11-8-12-24-50)48-76(68)54-27-18-28-56(45-54)80-57-38-39-63-64-46-55(78-65-34-15-13-29-61(65)62-30-14-16-35-66(62)78)37-40-67(64)79(69(63)47-57)70-44-53(41-42-75-70)74(4,5)6;/h7-44,46H,1-6H3;/q;+2. The molecule has 0 N–H and O–H groups in total. The number of nitrogens with zero attached hydrogens (tertiary/aromatic N) is 5. The Labute approximate surface area is 487 Å². The molecule has 0 aliphatic carbocycles. The van der Waals surface area contributed by atoms with Crippen molar-refractivity contribution in [1.29, 1.82) is 0 Å². The van der Waals surface area contributed by atoms with E-state index < -0.39 is 0 Å². The first-order valence-corrected chi connectivity index (χ1v) is 27.5. The Balaban J connectivity index is 0.00000618. The van der Waals surface area contributed by atoms with Gasteiger partial charge in [0.15, 0.2) is 0 Å². The van der Waals surface area contributed by atoms with Gasteiger partial charge in [0.1, 0.15) is 11.5 Å². The summed E-state index contributed by atoms with van der Waals surface area (Å²) in [5.41, 5.74) is 18.1. The van der Waals surface area contributed by atoms with Gasteiger partial charge in [-0.2, -0.15) is 12.1 Å². The summed E-state index contributed by atoms with van der Waals surface area (Å²) in [7, 11) is 0. The zero-order chi connectivity index (χ0) is 54.3. The minimum atomic E-state index is -0.0882.